The lowest BCUT2D eigenvalue weighted by Crippen LogP contribution is -2.39. The maximum absolute atomic E-state index is 3.67. The Morgan fingerprint density at radius 1 is 1.17 bits per heavy atom. The monoisotopic (exact) mass is 244 g/mol. The first-order chi connectivity index (χ1) is 8.75. The average molecular weight is 244 g/mol. The summed E-state index contributed by atoms with van der Waals surface area (Å²) in [6.07, 6.45) is 5.41. The number of nitrogens with one attached hydrogen (secondary N) is 1. The first-order valence-electron chi connectivity index (χ1n) is 7.36. The number of anilines is 1. The number of para-hydroxylation sites is 1. The van der Waals surface area contributed by atoms with Gasteiger partial charge < -0.3 is 5.32 Å². The van der Waals surface area contributed by atoms with Crippen LogP contribution in [0.1, 0.15) is 49.8 Å². The molecule has 0 bridgehead atoms. The number of aryl methyl sites for hydroxylation is 1. The van der Waals surface area contributed by atoms with Gasteiger partial charge in [-0.2, -0.15) is 0 Å². The molecule has 0 saturated carbocycles. The molecule has 2 heteroatoms. The topological polar surface area (TPSA) is 15.3 Å². The quantitative estimate of drug-likeness (QED) is 0.810. The van der Waals surface area contributed by atoms with E-state index in [9.17, 15) is 0 Å². The van der Waals surface area contributed by atoms with Gasteiger partial charge in [0.2, 0.25) is 0 Å². The van der Waals surface area contributed by atoms with Crippen LogP contribution in [0.25, 0.3) is 0 Å². The summed E-state index contributed by atoms with van der Waals surface area (Å²) >= 11 is 0. The van der Waals surface area contributed by atoms with Crippen LogP contribution in [0.3, 0.4) is 0 Å². The molecular formula is C16H24N2. The maximum atomic E-state index is 3.67. The van der Waals surface area contributed by atoms with E-state index in [1.165, 1.54) is 55.6 Å². The van der Waals surface area contributed by atoms with Crippen LogP contribution in [0.15, 0.2) is 18.2 Å². The van der Waals surface area contributed by atoms with Gasteiger partial charge in [-0.1, -0.05) is 24.6 Å². The highest BCUT2D eigenvalue weighted by Gasteiger charge is 2.30. The standard InChI is InChI=1S/C16H24N2/c1-12-7-6-8-14-15(11-13(2)17-16(12)14)18-9-4-3-5-10-18/h6-8,13,15,17H,3-5,9-11H2,1-2H3. The van der Waals surface area contributed by atoms with E-state index in [4.69, 9.17) is 0 Å². The van der Waals surface area contributed by atoms with Crippen LogP contribution in [-0.4, -0.2) is 24.0 Å². The minimum Gasteiger partial charge on any atom is -0.382 e. The summed E-state index contributed by atoms with van der Waals surface area (Å²) in [7, 11) is 0. The second-order valence-corrected chi connectivity index (χ2v) is 5.93. The molecule has 1 N–H and O–H groups in total. The van der Waals surface area contributed by atoms with E-state index in [-0.39, 0.29) is 0 Å². The molecule has 0 amide bonds. The number of benzene rings is 1. The number of piperidine rings is 1. The van der Waals surface area contributed by atoms with E-state index in [0.29, 0.717) is 12.1 Å². The molecule has 2 heterocycles. The van der Waals surface area contributed by atoms with Crippen LogP contribution in [0.2, 0.25) is 0 Å². The average Bonchev–Trinajstić information content (AvgIpc) is 2.40. The van der Waals surface area contributed by atoms with Crippen LogP contribution in [-0.2, 0) is 0 Å². The highest BCUT2D eigenvalue weighted by atomic mass is 15.2. The predicted molar refractivity (Wildman–Crippen MR) is 77.0 cm³/mol. The summed E-state index contributed by atoms with van der Waals surface area (Å²) in [6, 6.07) is 7.97. The van der Waals surface area contributed by atoms with Gasteiger partial charge in [0.05, 0.1) is 0 Å². The summed E-state index contributed by atoms with van der Waals surface area (Å²) in [4.78, 5) is 2.71. The molecule has 2 nitrogen and oxygen atoms in total. The van der Waals surface area contributed by atoms with E-state index < -0.39 is 0 Å². The van der Waals surface area contributed by atoms with E-state index in [0.717, 1.165) is 0 Å². The van der Waals surface area contributed by atoms with Crippen molar-refractivity contribution in [2.75, 3.05) is 18.4 Å². The van der Waals surface area contributed by atoms with Crippen LogP contribution in [0, 0.1) is 6.92 Å². The minimum absolute atomic E-state index is 0.588. The Kier molecular flexibility index (Phi) is 3.29. The molecule has 1 aromatic rings. The zero-order valence-corrected chi connectivity index (χ0v) is 11.6. The highest BCUT2D eigenvalue weighted by molar-refractivity contribution is 5.60. The fourth-order valence-electron chi connectivity index (χ4n) is 3.51. The summed E-state index contributed by atoms with van der Waals surface area (Å²) in [5.74, 6) is 0. The molecule has 2 aliphatic rings. The molecule has 0 spiro atoms. The molecule has 0 radical (unpaired) electrons. The number of nitrogens with zero attached hydrogens (tertiary/aromatic N) is 1. The van der Waals surface area contributed by atoms with E-state index >= 15 is 0 Å². The van der Waals surface area contributed by atoms with E-state index in [1.54, 1.807) is 0 Å². The Balaban J connectivity index is 1.94. The number of rotatable bonds is 1. The fourth-order valence-corrected chi connectivity index (χ4v) is 3.51. The molecule has 1 saturated heterocycles. The number of likely N-dealkylation sites (tertiary alicyclic amines) is 1. The van der Waals surface area contributed by atoms with E-state index in [1.807, 2.05) is 0 Å². The van der Waals surface area contributed by atoms with Crippen molar-refractivity contribution in [1.82, 2.24) is 4.90 Å². The maximum Gasteiger partial charge on any atom is 0.0420 e. The normalized spacial score (nSPS) is 28.6. The molecule has 2 atom stereocenters. The third kappa shape index (κ3) is 2.14. The highest BCUT2D eigenvalue weighted by Crippen LogP contribution is 2.39. The zero-order chi connectivity index (χ0) is 12.5. The van der Waals surface area contributed by atoms with Gasteiger partial charge in [0.1, 0.15) is 0 Å². The van der Waals surface area contributed by atoms with Gasteiger partial charge in [0.15, 0.2) is 0 Å². The van der Waals surface area contributed by atoms with Crippen molar-refractivity contribution in [1.29, 1.82) is 0 Å². The molecule has 1 aromatic carbocycles. The Bertz CT molecular complexity index is 421. The van der Waals surface area contributed by atoms with Crippen molar-refractivity contribution in [2.24, 2.45) is 0 Å². The van der Waals surface area contributed by atoms with Crippen molar-refractivity contribution >= 4 is 5.69 Å². The van der Waals surface area contributed by atoms with Crippen molar-refractivity contribution in [2.45, 2.75) is 51.6 Å². The Morgan fingerprint density at radius 2 is 1.94 bits per heavy atom. The van der Waals surface area contributed by atoms with Gasteiger partial charge >= 0.3 is 0 Å². The third-order valence-electron chi connectivity index (χ3n) is 4.46. The molecule has 1 fully saturated rings. The third-order valence-corrected chi connectivity index (χ3v) is 4.46. The number of fused-ring (bicyclic) bond motifs is 1. The SMILES string of the molecule is Cc1cccc2c1NC(C)CC2N1CCCCC1. The molecule has 0 aliphatic carbocycles. The first-order valence-corrected chi connectivity index (χ1v) is 7.36. The second-order valence-electron chi connectivity index (χ2n) is 5.93. The van der Waals surface area contributed by atoms with Gasteiger partial charge in [-0.15, -0.1) is 0 Å². The van der Waals surface area contributed by atoms with Gasteiger partial charge in [0, 0.05) is 17.8 Å². The molecule has 2 aliphatic heterocycles. The van der Waals surface area contributed by atoms with Crippen LogP contribution < -0.4 is 5.32 Å². The molecule has 0 aromatic heterocycles. The Hall–Kier alpha value is -1.02. The second kappa shape index (κ2) is 4.93. The van der Waals surface area contributed by atoms with Crippen molar-refractivity contribution in [3.05, 3.63) is 29.3 Å². The fraction of sp³-hybridized carbons (Fsp3) is 0.625. The molecular weight excluding hydrogens is 220 g/mol. The van der Waals surface area contributed by atoms with Gasteiger partial charge in [-0.05, 0) is 57.3 Å². The summed E-state index contributed by atoms with van der Waals surface area (Å²) < 4.78 is 0. The predicted octanol–water partition coefficient (Wildman–Crippen LogP) is 3.73. The van der Waals surface area contributed by atoms with Crippen molar-refractivity contribution < 1.29 is 0 Å². The van der Waals surface area contributed by atoms with Gasteiger partial charge in [0.25, 0.3) is 0 Å². The van der Waals surface area contributed by atoms with Crippen LogP contribution in [0.5, 0.6) is 0 Å². The van der Waals surface area contributed by atoms with Crippen LogP contribution in [0.4, 0.5) is 5.69 Å². The number of hydrogen-bond acceptors (Lipinski definition) is 2. The van der Waals surface area contributed by atoms with Crippen molar-refractivity contribution in [3.63, 3.8) is 0 Å². The molecule has 2 unspecified atom stereocenters. The van der Waals surface area contributed by atoms with Crippen LogP contribution >= 0.6 is 0 Å². The summed E-state index contributed by atoms with van der Waals surface area (Å²) in [5.41, 5.74) is 4.31. The lowest BCUT2D eigenvalue weighted by molar-refractivity contribution is 0.149. The van der Waals surface area contributed by atoms with Gasteiger partial charge in [-0.3, -0.25) is 4.90 Å². The smallest absolute Gasteiger partial charge is 0.0420 e. The molecule has 3 rings (SSSR count). The molecule has 18 heavy (non-hydrogen) atoms. The zero-order valence-electron chi connectivity index (χ0n) is 11.6. The lowest BCUT2D eigenvalue weighted by atomic mass is 9.89. The van der Waals surface area contributed by atoms with E-state index in [2.05, 4.69) is 42.3 Å². The number of hydrogen-bond donors (Lipinski definition) is 1. The Labute approximate surface area is 110 Å². The molecule has 98 valence electrons. The summed E-state index contributed by atoms with van der Waals surface area (Å²) in [5, 5.41) is 3.67. The largest absolute Gasteiger partial charge is 0.382 e. The van der Waals surface area contributed by atoms with Crippen molar-refractivity contribution in [3.8, 4) is 0 Å². The first kappa shape index (κ1) is 12.0. The van der Waals surface area contributed by atoms with Gasteiger partial charge in [-0.25, -0.2) is 0 Å². The Morgan fingerprint density at radius 3 is 2.72 bits per heavy atom. The summed E-state index contributed by atoms with van der Waals surface area (Å²) in [6.45, 7) is 7.10. The minimum atomic E-state index is 0.588. The lowest BCUT2D eigenvalue weighted by Gasteiger charge is -2.41.